The quantitative estimate of drug-likeness (QED) is 0.906. The third-order valence-corrected chi connectivity index (χ3v) is 3.90. The number of benzene rings is 1. The van der Waals surface area contributed by atoms with Gasteiger partial charge in [-0.05, 0) is 17.7 Å². The molecule has 1 N–H and O–H groups in total. The lowest BCUT2D eigenvalue weighted by molar-refractivity contribution is -0.148. The fourth-order valence-electron chi connectivity index (χ4n) is 2.42. The number of rotatable bonds is 3. The summed E-state index contributed by atoms with van der Waals surface area (Å²) in [6.45, 7) is 2.50. The second-order valence-electron chi connectivity index (χ2n) is 4.79. The molecule has 1 fully saturated rings. The molecule has 2 nitrogen and oxygen atoms in total. The number of halogens is 5. The van der Waals surface area contributed by atoms with E-state index in [1.165, 1.54) is 6.07 Å². The molecule has 1 aromatic rings. The van der Waals surface area contributed by atoms with Gasteiger partial charge in [0.1, 0.15) is 0 Å². The maximum atomic E-state index is 12.8. The van der Waals surface area contributed by atoms with Gasteiger partial charge in [0.25, 0.3) is 0 Å². The molecule has 2 rings (SSSR count). The first-order valence-corrected chi connectivity index (χ1v) is 7.09. The van der Waals surface area contributed by atoms with Gasteiger partial charge in [-0.2, -0.15) is 13.2 Å². The molecule has 0 aliphatic carbocycles. The number of hydrogen-bond acceptors (Lipinski definition) is 2. The minimum atomic E-state index is -4.24. The highest BCUT2D eigenvalue weighted by Gasteiger charge is 2.36. The zero-order chi connectivity index (χ0) is 14.8. The maximum absolute atomic E-state index is 12.8. The van der Waals surface area contributed by atoms with Crippen LogP contribution in [-0.4, -0.2) is 37.3 Å². The Labute approximate surface area is 125 Å². The van der Waals surface area contributed by atoms with E-state index in [9.17, 15) is 13.2 Å². The van der Waals surface area contributed by atoms with E-state index in [0.29, 0.717) is 36.8 Å². The molecule has 1 aliphatic heterocycles. The molecule has 1 aromatic carbocycles. The van der Waals surface area contributed by atoms with Crippen molar-refractivity contribution in [3.63, 3.8) is 0 Å². The summed E-state index contributed by atoms with van der Waals surface area (Å²) in [6.07, 6.45) is -5.15. The second-order valence-corrected chi connectivity index (χ2v) is 5.63. The molecular formula is C13H15Cl2F3N2. The van der Waals surface area contributed by atoms with Crippen LogP contribution in [0.5, 0.6) is 0 Å². The highest BCUT2D eigenvalue weighted by Crippen LogP contribution is 2.37. The Balaban J connectivity index is 2.29. The van der Waals surface area contributed by atoms with Gasteiger partial charge in [-0.25, -0.2) is 0 Å². The summed E-state index contributed by atoms with van der Waals surface area (Å²) in [5.74, 6) is 0. The van der Waals surface area contributed by atoms with Crippen molar-refractivity contribution in [3.8, 4) is 0 Å². The zero-order valence-corrected chi connectivity index (χ0v) is 12.2. The standard InChI is InChI=1S/C13H15Cl2F3N2/c14-9-1-2-10(11(15)7-9)12(8-13(16,17)18)20-5-3-19-4-6-20/h1-2,7,12,19H,3-6,8H2/t12-/m1/s1. The molecule has 0 radical (unpaired) electrons. The summed E-state index contributed by atoms with van der Waals surface area (Å²) >= 11 is 11.9. The fourth-order valence-corrected chi connectivity index (χ4v) is 2.95. The number of nitrogens with one attached hydrogen (secondary N) is 1. The van der Waals surface area contributed by atoms with Crippen LogP contribution in [0.4, 0.5) is 13.2 Å². The molecule has 0 aromatic heterocycles. The second kappa shape index (κ2) is 6.52. The molecule has 1 heterocycles. The van der Waals surface area contributed by atoms with Gasteiger partial charge in [0.05, 0.1) is 6.42 Å². The molecule has 1 aliphatic rings. The van der Waals surface area contributed by atoms with Gasteiger partial charge in [-0.1, -0.05) is 29.3 Å². The highest BCUT2D eigenvalue weighted by atomic mass is 35.5. The Hall–Kier alpha value is -0.490. The summed E-state index contributed by atoms with van der Waals surface area (Å²) in [5, 5.41) is 3.83. The van der Waals surface area contributed by atoms with E-state index >= 15 is 0 Å². The van der Waals surface area contributed by atoms with Gasteiger partial charge >= 0.3 is 6.18 Å². The normalized spacial score (nSPS) is 19.1. The van der Waals surface area contributed by atoms with Crippen LogP contribution >= 0.6 is 23.2 Å². The minimum absolute atomic E-state index is 0.283. The fraction of sp³-hybridized carbons (Fsp3) is 0.538. The molecule has 0 bridgehead atoms. The monoisotopic (exact) mass is 326 g/mol. The van der Waals surface area contributed by atoms with Crippen LogP contribution in [-0.2, 0) is 0 Å². The number of alkyl halides is 3. The third kappa shape index (κ3) is 4.25. The van der Waals surface area contributed by atoms with Crippen LogP contribution in [0, 0.1) is 0 Å². The Morgan fingerprint density at radius 3 is 2.40 bits per heavy atom. The molecule has 0 spiro atoms. The van der Waals surface area contributed by atoms with Gasteiger partial charge < -0.3 is 5.32 Å². The largest absolute Gasteiger partial charge is 0.390 e. The van der Waals surface area contributed by atoms with Crippen molar-refractivity contribution >= 4 is 23.2 Å². The number of hydrogen-bond donors (Lipinski definition) is 1. The SMILES string of the molecule is FC(F)(F)C[C@H](c1ccc(Cl)cc1Cl)N1CCNCC1. The van der Waals surface area contributed by atoms with E-state index in [1.54, 1.807) is 12.1 Å². The smallest absolute Gasteiger partial charge is 0.314 e. The van der Waals surface area contributed by atoms with Crippen LogP contribution in [0.3, 0.4) is 0 Å². The van der Waals surface area contributed by atoms with Crippen LogP contribution in [0.15, 0.2) is 18.2 Å². The minimum Gasteiger partial charge on any atom is -0.314 e. The van der Waals surface area contributed by atoms with Crippen LogP contribution < -0.4 is 5.32 Å². The van der Waals surface area contributed by atoms with Gasteiger partial charge in [-0.15, -0.1) is 0 Å². The Morgan fingerprint density at radius 2 is 1.85 bits per heavy atom. The average molecular weight is 327 g/mol. The van der Waals surface area contributed by atoms with E-state index in [4.69, 9.17) is 23.2 Å². The third-order valence-electron chi connectivity index (χ3n) is 3.34. The van der Waals surface area contributed by atoms with E-state index in [0.717, 1.165) is 0 Å². The van der Waals surface area contributed by atoms with Crippen molar-refractivity contribution in [3.05, 3.63) is 33.8 Å². The van der Waals surface area contributed by atoms with E-state index < -0.39 is 18.6 Å². The van der Waals surface area contributed by atoms with E-state index in [2.05, 4.69) is 5.32 Å². The van der Waals surface area contributed by atoms with Gasteiger partial charge in [-0.3, -0.25) is 4.90 Å². The van der Waals surface area contributed by atoms with Crippen molar-refractivity contribution in [2.75, 3.05) is 26.2 Å². The topological polar surface area (TPSA) is 15.3 Å². The average Bonchev–Trinajstić information content (AvgIpc) is 2.36. The Kier molecular flexibility index (Phi) is 5.18. The number of nitrogens with zero attached hydrogens (tertiary/aromatic N) is 1. The molecule has 1 atom stereocenters. The highest BCUT2D eigenvalue weighted by molar-refractivity contribution is 6.35. The van der Waals surface area contributed by atoms with Crippen molar-refractivity contribution < 1.29 is 13.2 Å². The molecule has 20 heavy (non-hydrogen) atoms. The summed E-state index contributed by atoms with van der Waals surface area (Å²) in [5.41, 5.74) is 0.482. The van der Waals surface area contributed by atoms with Gasteiger partial charge in [0.2, 0.25) is 0 Å². The van der Waals surface area contributed by atoms with Crippen LogP contribution in [0.2, 0.25) is 10.0 Å². The first-order valence-electron chi connectivity index (χ1n) is 6.33. The lowest BCUT2D eigenvalue weighted by atomic mass is 10.0. The predicted octanol–water partition coefficient (Wildman–Crippen LogP) is 3.89. The molecular weight excluding hydrogens is 312 g/mol. The van der Waals surface area contributed by atoms with Crippen molar-refractivity contribution in [2.24, 2.45) is 0 Å². The summed E-state index contributed by atoms with van der Waals surface area (Å²) < 4.78 is 38.5. The van der Waals surface area contributed by atoms with Crippen LogP contribution in [0.25, 0.3) is 0 Å². The first kappa shape index (κ1) is 15.9. The first-order chi connectivity index (χ1) is 9.37. The Morgan fingerprint density at radius 1 is 1.20 bits per heavy atom. The maximum Gasteiger partial charge on any atom is 0.390 e. The summed E-state index contributed by atoms with van der Waals surface area (Å²) in [4.78, 5) is 1.82. The summed E-state index contributed by atoms with van der Waals surface area (Å²) in [6, 6.07) is 3.89. The van der Waals surface area contributed by atoms with E-state index in [1.807, 2.05) is 4.90 Å². The van der Waals surface area contributed by atoms with E-state index in [-0.39, 0.29) is 5.02 Å². The van der Waals surface area contributed by atoms with Crippen molar-refractivity contribution in [1.82, 2.24) is 10.2 Å². The molecule has 0 unspecified atom stereocenters. The molecule has 0 saturated carbocycles. The van der Waals surface area contributed by atoms with Crippen molar-refractivity contribution in [2.45, 2.75) is 18.6 Å². The number of piperazine rings is 1. The predicted molar refractivity (Wildman–Crippen MR) is 74.3 cm³/mol. The van der Waals surface area contributed by atoms with Crippen molar-refractivity contribution in [1.29, 1.82) is 0 Å². The van der Waals surface area contributed by atoms with Gasteiger partial charge in [0, 0.05) is 42.3 Å². The summed E-state index contributed by atoms with van der Waals surface area (Å²) in [7, 11) is 0. The zero-order valence-electron chi connectivity index (χ0n) is 10.7. The lowest BCUT2D eigenvalue weighted by Crippen LogP contribution is -2.46. The molecule has 7 heteroatoms. The molecule has 112 valence electrons. The Bertz CT molecular complexity index is 459. The van der Waals surface area contributed by atoms with Gasteiger partial charge in [0.15, 0.2) is 0 Å². The lowest BCUT2D eigenvalue weighted by Gasteiger charge is -2.36. The van der Waals surface area contributed by atoms with Crippen LogP contribution in [0.1, 0.15) is 18.0 Å². The molecule has 1 saturated heterocycles. The molecule has 0 amide bonds.